The van der Waals surface area contributed by atoms with Crippen molar-refractivity contribution in [3.05, 3.63) is 72.3 Å². The third kappa shape index (κ3) is 4.98. The number of carbonyl (C=O) groups excluding carboxylic acids is 1. The Morgan fingerprint density at radius 3 is 2.88 bits per heavy atom. The summed E-state index contributed by atoms with van der Waals surface area (Å²) in [5, 5.41) is 8.38. The van der Waals surface area contributed by atoms with E-state index in [1.807, 2.05) is 41.2 Å². The van der Waals surface area contributed by atoms with Crippen LogP contribution in [0.5, 0.6) is 0 Å². The van der Waals surface area contributed by atoms with Crippen LogP contribution < -0.4 is 5.32 Å². The molecule has 3 aromatic heterocycles. The maximum Gasteiger partial charge on any atom is 0.278 e. The van der Waals surface area contributed by atoms with E-state index >= 15 is 0 Å². The smallest absolute Gasteiger partial charge is 0.278 e. The number of pyridine rings is 1. The van der Waals surface area contributed by atoms with Crippen LogP contribution in [0.15, 0.2) is 59.7 Å². The molecule has 1 aliphatic rings. The molecule has 8 nitrogen and oxygen atoms in total. The van der Waals surface area contributed by atoms with Crippen molar-refractivity contribution >= 4 is 34.9 Å². The lowest BCUT2D eigenvalue weighted by atomic mass is 9.98. The minimum Gasteiger partial charge on any atom is -0.446 e. The van der Waals surface area contributed by atoms with Gasteiger partial charge in [-0.2, -0.15) is 5.10 Å². The Balaban J connectivity index is 0.00000274. The average molecular weight is 481 g/mol. The van der Waals surface area contributed by atoms with Crippen molar-refractivity contribution in [3.8, 4) is 0 Å². The molecule has 1 aromatic carbocycles. The monoisotopic (exact) mass is 480 g/mol. The van der Waals surface area contributed by atoms with E-state index in [2.05, 4.69) is 45.3 Å². The molecule has 5 rings (SSSR count). The molecule has 4 heterocycles. The van der Waals surface area contributed by atoms with E-state index in [1.54, 1.807) is 6.20 Å². The molecule has 0 radical (unpaired) electrons. The number of carbonyl (C=O) groups is 1. The molecule has 1 saturated heterocycles. The number of nitrogens with zero attached hydrogens (tertiary/aromatic N) is 5. The molecule has 1 atom stereocenters. The number of anilines is 1. The lowest BCUT2D eigenvalue weighted by Crippen LogP contribution is -2.33. The van der Waals surface area contributed by atoms with Crippen LogP contribution in [-0.4, -0.2) is 37.1 Å². The summed E-state index contributed by atoms with van der Waals surface area (Å²) >= 11 is 0. The highest BCUT2D eigenvalue weighted by Gasteiger charge is 2.31. The molecule has 0 aliphatic carbocycles. The Hall–Kier alpha value is -3.23. The number of piperidine rings is 1. The number of fused-ring (bicyclic) bond motifs is 1. The summed E-state index contributed by atoms with van der Waals surface area (Å²) in [7, 11) is 0. The van der Waals surface area contributed by atoms with Crippen molar-refractivity contribution in [2.75, 3.05) is 11.9 Å². The van der Waals surface area contributed by atoms with Gasteiger partial charge in [0.1, 0.15) is 0 Å². The zero-order valence-corrected chi connectivity index (χ0v) is 20.2. The minimum absolute atomic E-state index is 0. The molecule has 1 fully saturated rings. The van der Waals surface area contributed by atoms with E-state index in [1.165, 1.54) is 6.39 Å². The number of nitrogens with one attached hydrogen (secondary N) is 1. The largest absolute Gasteiger partial charge is 0.446 e. The molecule has 0 spiro atoms. The molecule has 34 heavy (non-hydrogen) atoms. The van der Waals surface area contributed by atoms with Gasteiger partial charge in [0.15, 0.2) is 17.8 Å². The number of rotatable bonds is 6. The van der Waals surface area contributed by atoms with Crippen molar-refractivity contribution in [3.63, 3.8) is 0 Å². The number of hydrogen-bond acceptors (Lipinski definition) is 6. The Morgan fingerprint density at radius 1 is 1.21 bits per heavy atom. The highest BCUT2D eigenvalue weighted by Crippen LogP contribution is 2.34. The van der Waals surface area contributed by atoms with Gasteiger partial charge in [-0.15, -0.1) is 12.4 Å². The van der Waals surface area contributed by atoms with Gasteiger partial charge in [-0.1, -0.05) is 24.6 Å². The van der Waals surface area contributed by atoms with Gasteiger partial charge in [0, 0.05) is 29.7 Å². The number of amides is 1. The molecular weight excluding hydrogens is 452 g/mol. The van der Waals surface area contributed by atoms with Crippen molar-refractivity contribution in [2.45, 2.75) is 51.7 Å². The third-order valence-corrected chi connectivity index (χ3v) is 6.14. The molecule has 178 valence electrons. The first-order chi connectivity index (χ1) is 16.1. The number of para-hydroxylation sites is 1. The van der Waals surface area contributed by atoms with Gasteiger partial charge in [0.05, 0.1) is 29.6 Å². The van der Waals surface area contributed by atoms with Gasteiger partial charge in [-0.25, -0.2) is 4.98 Å². The Kier molecular flexibility index (Phi) is 7.29. The SMILES string of the molecule is CC(C)n1cc(CN2CCCCC2c2ocnc2C(=O)Nc2cnc3ccccc3c2)cn1.Cl. The van der Waals surface area contributed by atoms with E-state index in [9.17, 15) is 4.79 Å². The summed E-state index contributed by atoms with van der Waals surface area (Å²) in [4.78, 5) is 24.2. The predicted molar refractivity (Wildman–Crippen MR) is 133 cm³/mol. The molecule has 1 unspecified atom stereocenters. The van der Waals surface area contributed by atoms with Crippen LogP contribution in [0, 0.1) is 0 Å². The van der Waals surface area contributed by atoms with Crippen LogP contribution in [0.1, 0.15) is 67.0 Å². The number of oxazole rings is 1. The Bertz CT molecular complexity index is 1270. The highest BCUT2D eigenvalue weighted by molar-refractivity contribution is 6.04. The van der Waals surface area contributed by atoms with Crippen molar-refractivity contribution in [1.29, 1.82) is 0 Å². The van der Waals surface area contributed by atoms with Crippen molar-refractivity contribution in [1.82, 2.24) is 24.6 Å². The van der Waals surface area contributed by atoms with Crippen molar-refractivity contribution in [2.24, 2.45) is 0 Å². The second kappa shape index (κ2) is 10.4. The van der Waals surface area contributed by atoms with Crippen LogP contribution in [0.4, 0.5) is 5.69 Å². The fourth-order valence-corrected chi connectivity index (χ4v) is 4.44. The molecule has 0 saturated carbocycles. The average Bonchev–Trinajstić information content (AvgIpc) is 3.49. The minimum atomic E-state index is -0.283. The second-order valence-corrected chi connectivity index (χ2v) is 8.84. The summed E-state index contributed by atoms with van der Waals surface area (Å²) in [6.07, 6.45) is 10.2. The fraction of sp³-hybridized carbons (Fsp3) is 0.360. The normalized spacial score (nSPS) is 16.5. The van der Waals surface area contributed by atoms with Crippen LogP contribution in [0.2, 0.25) is 0 Å². The third-order valence-electron chi connectivity index (χ3n) is 6.14. The van der Waals surface area contributed by atoms with E-state index in [0.29, 0.717) is 23.2 Å². The van der Waals surface area contributed by atoms with Gasteiger partial charge in [0.2, 0.25) is 0 Å². The summed E-state index contributed by atoms with van der Waals surface area (Å²) in [6.45, 7) is 5.93. The van der Waals surface area contributed by atoms with Crippen LogP contribution in [0.3, 0.4) is 0 Å². The molecule has 0 bridgehead atoms. The van der Waals surface area contributed by atoms with E-state index in [-0.39, 0.29) is 24.4 Å². The quantitative estimate of drug-likeness (QED) is 0.397. The predicted octanol–water partition coefficient (Wildman–Crippen LogP) is 5.40. The van der Waals surface area contributed by atoms with Gasteiger partial charge in [-0.05, 0) is 45.4 Å². The van der Waals surface area contributed by atoms with Gasteiger partial charge >= 0.3 is 0 Å². The lowest BCUT2D eigenvalue weighted by Gasteiger charge is -2.34. The standard InChI is InChI=1S/C25H28N6O2.ClH/c1-17(2)31-15-18(12-28-31)14-30-10-6-5-9-22(30)24-23(27-16-33-24)25(32)29-20-11-19-7-3-4-8-21(19)26-13-20;/h3-4,7-8,11-13,15-17,22H,5-6,9-10,14H2,1-2H3,(H,29,32);1H. The van der Waals surface area contributed by atoms with E-state index in [4.69, 9.17) is 4.42 Å². The molecule has 9 heteroatoms. The zero-order valence-electron chi connectivity index (χ0n) is 19.3. The number of aromatic nitrogens is 4. The zero-order chi connectivity index (χ0) is 22.8. The van der Waals surface area contributed by atoms with Crippen LogP contribution >= 0.6 is 12.4 Å². The van der Waals surface area contributed by atoms with Crippen LogP contribution in [-0.2, 0) is 6.54 Å². The Morgan fingerprint density at radius 2 is 2.06 bits per heavy atom. The molecule has 1 aliphatic heterocycles. The van der Waals surface area contributed by atoms with Gasteiger partial charge < -0.3 is 9.73 Å². The van der Waals surface area contributed by atoms with Crippen molar-refractivity contribution < 1.29 is 9.21 Å². The summed E-state index contributed by atoms with van der Waals surface area (Å²) in [5.41, 5.74) is 3.01. The number of hydrogen-bond donors (Lipinski definition) is 1. The summed E-state index contributed by atoms with van der Waals surface area (Å²) < 4.78 is 7.77. The highest BCUT2D eigenvalue weighted by atomic mass is 35.5. The lowest BCUT2D eigenvalue weighted by molar-refractivity contribution is 0.0994. The van der Waals surface area contributed by atoms with Gasteiger partial charge in [-0.3, -0.25) is 19.4 Å². The summed E-state index contributed by atoms with van der Waals surface area (Å²) in [5.74, 6) is 0.339. The number of halogens is 1. The molecule has 4 aromatic rings. The first-order valence-electron chi connectivity index (χ1n) is 11.4. The molecular formula is C25H29ClN6O2. The molecule has 1 N–H and O–H groups in total. The number of likely N-dealkylation sites (tertiary alicyclic amines) is 1. The summed E-state index contributed by atoms with van der Waals surface area (Å²) in [6, 6.07) is 10.1. The first kappa shape index (κ1) is 23.9. The van der Waals surface area contributed by atoms with Crippen LogP contribution in [0.25, 0.3) is 10.9 Å². The molecule has 1 amide bonds. The first-order valence-corrected chi connectivity index (χ1v) is 11.4. The fourth-order valence-electron chi connectivity index (χ4n) is 4.44. The number of benzene rings is 1. The topological polar surface area (TPSA) is 89.1 Å². The Labute approximate surface area is 204 Å². The maximum atomic E-state index is 13.1. The van der Waals surface area contributed by atoms with E-state index < -0.39 is 0 Å². The maximum absolute atomic E-state index is 13.1. The van der Waals surface area contributed by atoms with E-state index in [0.717, 1.165) is 48.8 Å². The second-order valence-electron chi connectivity index (χ2n) is 8.84. The van der Waals surface area contributed by atoms with Gasteiger partial charge in [0.25, 0.3) is 5.91 Å².